The van der Waals surface area contributed by atoms with Crippen LogP contribution < -0.4 is 4.74 Å². The average Bonchev–Trinajstić information content (AvgIpc) is 2.92. The lowest BCUT2D eigenvalue weighted by molar-refractivity contribution is 0.102. The molecular weight excluding hydrogens is 660 g/mol. The van der Waals surface area contributed by atoms with Crippen molar-refractivity contribution >= 4 is 45.2 Å². The predicted octanol–water partition coefficient (Wildman–Crippen LogP) is 7.75. The molecule has 0 fully saturated rings. The van der Waals surface area contributed by atoms with Gasteiger partial charge in [0.2, 0.25) is 5.88 Å². The Morgan fingerprint density at radius 1 is 0.771 bits per heavy atom. The topological polar surface area (TPSA) is 38.3 Å². The first-order chi connectivity index (χ1) is 17.0. The minimum atomic E-state index is -0.177. The van der Waals surface area contributed by atoms with Crippen molar-refractivity contribution in [2.45, 2.75) is 27.9 Å². The maximum atomic E-state index is 6.54. The molecule has 1 heterocycles. The van der Waals surface area contributed by atoms with E-state index in [9.17, 15) is 0 Å². The summed E-state index contributed by atoms with van der Waals surface area (Å²) in [5.41, 5.74) is 7.45. The van der Waals surface area contributed by atoms with Crippen LogP contribution in [0.5, 0.6) is 5.88 Å². The summed E-state index contributed by atoms with van der Waals surface area (Å²) in [5.74, 6) is 0.521. The van der Waals surface area contributed by atoms with E-state index < -0.39 is 0 Å². The molecule has 0 radical (unpaired) electrons. The highest BCUT2D eigenvalue weighted by Gasteiger charge is 2.24. The fraction of sp³-hybridized carbons (Fsp3) is 0.241. The summed E-state index contributed by atoms with van der Waals surface area (Å²) in [4.78, 5) is 12.1. The lowest BCUT2D eigenvalue weighted by Gasteiger charge is -2.30. The summed E-state index contributed by atoms with van der Waals surface area (Å²) in [6.45, 7) is 2.16. The van der Waals surface area contributed by atoms with Gasteiger partial charge in [0, 0.05) is 26.0 Å². The highest BCUT2D eigenvalue weighted by Crippen LogP contribution is 2.33. The molecule has 0 unspecified atom stereocenters. The zero-order chi connectivity index (χ0) is 24.8. The molecule has 3 aromatic carbocycles. The van der Waals surface area contributed by atoms with Gasteiger partial charge in [0.1, 0.15) is 11.8 Å². The Hall–Kier alpha value is -2.04. The lowest BCUT2D eigenvalue weighted by atomic mass is 10.0. The maximum absolute atomic E-state index is 6.54. The number of nitrogens with zero attached hydrogens (tertiary/aromatic N) is 3. The van der Waals surface area contributed by atoms with Crippen molar-refractivity contribution in [2.24, 2.45) is 0 Å². The van der Waals surface area contributed by atoms with Gasteiger partial charge in [-0.05, 0) is 37.7 Å². The molecule has 35 heavy (non-hydrogen) atoms. The van der Waals surface area contributed by atoms with E-state index in [4.69, 9.17) is 14.7 Å². The summed E-state index contributed by atoms with van der Waals surface area (Å²) in [5, 5.41) is 0. The quantitative estimate of drug-likeness (QED) is 0.133. The highest BCUT2D eigenvalue weighted by molar-refractivity contribution is 14.1. The second-order valence-electron chi connectivity index (χ2n) is 8.72. The van der Waals surface area contributed by atoms with E-state index in [1.165, 1.54) is 11.1 Å². The van der Waals surface area contributed by atoms with Crippen molar-refractivity contribution in [2.75, 3.05) is 14.1 Å². The average molecular weight is 689 g/mol. The number of aromatic nitrogens is 2. The van der Waals surface area contributed by atoms with E-state index in [1.54, 1.807) is 6.20 Å². The predicted molar refractivity (Wildman–Crippen MR) is 161 cm³/mol. The molecule has 4 nitrogen and oxygen atoms in total. The Morgan fingerprint density at radius 3 is 1.83 bits per heavy atom. The van der Waals surface area contributed by atoms with Gasteiger partial charge < -0.3 is 9.64 Å². The molecule has 0 aliphatic carbocycles. The van der Waals surface area contributed by atoms with Crippen molar-refractivity contribution in [1.29, 1.82) is 0 Å². The maximum Gasteiger partial charge on any atom is 0.233 e. The van der Waals surface area contributed by atoms with Crippen molar-refractivity contribution in [3.8, 4) is 28.4 Å². The fourth-order valence-electron chi connectivity index (χ4n) is 3.83. The van der Waals surface area contributed by atoms with Crippen LogP contribution in [-0.2, 0) is 8.86 Å². The summed E-state index contributed by atoms with van der Waals surface area (Å²) in [7, 11) is 4.14. The molecule has 0 amide bonds. The van der Waals surface area contributed by atoms with Crippen molar-refractivity contribution in [1.82, 2.24) is 14.9 Å². The number of halogens is 2. The van der Waals surface area contributed by atoms with E-state index in [-0.39, 0.29) is 12.1 Å². The first kappa shape index (κ1) is 26.0. The fourth-order valence-corrected chi connectivity index (χ4v) is 4.85. The Bertz CT molecular complexity index is 1230. The van der Waals surface area contributed by atoms with Crippen molar-refractivity contribution in [3.63, 3.8) is 0 Å². The molecule has 6 heteroatoms. The molecule has 0 aliphatic heterocycles. The summed E-state index contributed by atoms with van der Waals surface area (Å²) in [6, 6.07) is 27.6. The van der Waals surface area contributed by atoms with Crippen LogP contribution in [0.4, 0.5) is 0 Å². The van der Waals surface area contributed by atoms with Crippen LogP contribution in [-0.4, -0.2) is 35.0 Å². The summed E-state index contributed by atoms with van der Waals surface area (Å²) in [6.07, 6.45) is 1.58. The smallest absolute Gasteiger partial charge is 0.233 e. The summed E-state index contributed by atoms with van der Waals surface area (Å²) < 4.78 is 8.49. The molecule has 4 rings (SSSR count). The molecule has 0 saturated carbocycles. The number of rotatable bonds is 9. The molecule has 1 aromatic heterocycles. The van der Waals surface area contributed by atoms with E-state index in [0.717, 1.165) is 36.9 Å². The number of likely N-dealkylation sites (N-methyl/N-ethyl adjacent to an activating group) is 1. The molecule has 180 valence electrons. The molecule has 0 N–H and O–H groups in total. The van der Waals surface area contributed by atoms with Gasteiger partial charge in [-0.3, -0.25) is 0 Å². The standard InChI is InChI=1S/C29H29I2N3O/c1-20(34(2)3)29(25-7-5-4-6-8-25)35-26-19-32-27(23-13-9-21(17-30)10-14-23)28(33-26)24-15-11-22(18-31)12-16-24/h4-16,19-20,29H,17-18H2,1-3H3/t20-,29-/m0/s1. The van der Waals surface area contributed by atoms with Crippen LogP contribution in [0.1, 0.15) is 29.7 Å². The van der Waals surface area contributed by atoms with Gasteiger partial charge >= 0.3 is 0 Å². The number of hydrogen-bond donors (Lipinski definition) is 0. The largest absolute Gasteiger partial charge is 0.467 e. The molecule has 0 bridgehead atoms. The molecule has 0 saturated heterocycles. The Kier molecular flexibility index (Phi) is 9.13. The number of ether oxygens (including phenoxy) is 1. The Morgan fingerprint density at radius 2 is 1.31 bits per heavy atom. The van der Waals surface area contributed by atoms with Crippen molar-refractivity contribution < 1.29 is 4.74 Å². The van der Waals surface area contributed by atoms with E-state index >= 15 is 0 Å². The van der Waals surface area contributed by atoms with Gasteiger partial charge in [0.05, 0.1) is 11.9 Å². The van der Waals surface area contributed by atoms with Crippen LogP contribution in [0.2, 0.25) is 0 Å². The number of benzene rings is 3. The third kappa shape index (κ3) is 6.40. The van der Waals surface area contributed by atoms with Crippen LogP contribution in [0.25, 0.3) is 22.5 Å². The van der Waals surface area contributed by atoms with Gasteiger partial charge in [-0.15, -0.1) is 0 Å². The zero-order valence-corrected chi connectivity index (χ0v) is 24.5. The van der Waals surface area contributed by atoms with Crippen LogP contribution in [0.15, 0.2) is 85.1 Å². The van der Waals surface area contributed by atoms with E-state index in [0.29, 0.717) is 5.88 Å². The molecule has 2 atom stereocenters. The molecule has 0 aliphatic rings. The highest BCUT2D eigenvalue weighted by atomic mass is 127. The van der Waals surface area contributed by atoms with Gasteiger partial charge in [0.15, 0.2) is 0 Å². The van der Waals surface area contributed by atoms with E-state index in [1.807, 2.05) is 18.2 Å². The van der Waals surface area contributed by atoms with Gasteiger partial charge in [0.25, 0.3) is 0 Å². The Labute approximate surface area is 235 Å². The van der Waals surface area contributed by atoms with Gasteiger partial charge in [-0.1, -0.05) is 124 Å². The first-order valence-electron chi connectivity index (χ1n) is 11.6. The van der Waals surface area contributed by atoms with E-state index in [2.05, 4.69) is 132 Å². The second-order valence-corrected chi connectivity index (χ2v) is 10.2. The normalized spacial score (nSPS) is 13.0. The van der Waals surface area contributed by atoms with Crippen molar-refractivity contribution in [3.05, 3.63) is 102 Å². The van der Waals surface area contributed by atoms with Crippen LogP contribution in [0.3, 0.4) is 0 Å². The first-order valence-corrected chi connectivity index (χ1v) is 14.6. The monoisotopic (exact) mass is 689 g/mol. The molecular formula is C29H29I2N3O. The zero-order valence-electron chi connectivity index (χ0n) is 20.2. The Balaban J connectivity index is 1.77. The van der Waals surface area contributed by atoms with Gasteiger partial charge in [-0.2, -0.15) is 0 Å². The number of hydrogen-bond acceptors (Lipinski definition) is 4. The molecule has 4 aromatic rings. The van der Waals surface area contributed by atoms with Gasteiger partial charge in [-0.25, -0.2) is 9.97 Å². The summed E-state index contributed by atoms with van der Waals surface area (Å²) >= 11 is 4.77. The minimum absolute atomic E-state index is 0.145. The third-order valence-corrected chi connectivity index (χ3v) is 7.90. The SMILES string of the molecule is C[C@@H]([C@H](Oc1cnc(-c2ccc(CI)cc2)c(-c2ccc(CI)cc2)n1)c1ccccc1)N(C)C. The molecule has 0 spiro atoms. The third-order valence-electron chi connectivity index (χ3n) is 6.14. The van der Waals surface area contributed by atoms with Crippen LogP contribution in [0, 0.1) is 0 Å². The minimum Gasteiger partial charge on any atom is -0.467 e. The number of alkyl halides is 2. The van der Waals surface area contributed by atoms with Crippen LogP contribution >= 0.6 is 45.2 Å². The lowest BCUT2D eigenvalue weighted by Crippen LogP contribution is -2.34. The second kappa shape index (κ2) is 12.3.